The highest BCUT2D eigenvalue weighted by molar-refractivity contribution is 5.56. The molecule has 0 aliphatic rings. The van der Waals surface area contributed by atoms with Gasteiger partial charge >= 0.3 is 0 Å². The largest absolute Gasteiger partial charge is 0.365 e. The highest BCUT2D eigenvalue weighted by atomic mass is 15.2. The molecule has 0 saturated carbocycles. The average Bonchev–Trinajstić information content (AvgIpc) is 2.89. The minimum Gasteiger partial charge on any atom is -0.365 e. The summed E-state index contributed by atoms with van der Waals surface area (Å²) in [5, 5.41) is 3.80. The van der Waals surface area contributed by atoms with Crippen molar-refractivity contribution < 1.29 is 0 Å². The normalized spacial score (nSPS) is 12.5. The number of nitrogens with one attached hydrogen (secondary N) is 1. The minimum absolute atomic E-state index is 0.00838. The van der Waals surface area contributed by atoms with E-state index >= 15 is 0 Å². The van der Waals surface area contributed by atoms with E-state index in [9.17, 15) is 0 Å². The van der Waals surface area contributed by atoms with Gasteiger partial charge in [-0.15, -0.1) is 0 Å². The van der Waals surface area contributed by atoms with Crippen molar-refractivity contribution in [3.05, 3.63) is 66.0 Å². The van der Waals surface area contributed by atoms with Gasteiger partial charge in [0.25, 0.3) is 0 Å². The summed E-state index contributed by atoms with van der Waals surface area (Å²) >= 11 is 0. The Morgan fingerprint density at radius 1 is 0.885 bits per heavy atom. The van der Waals surface area contributed by atoms with E-state index in [1.165, 1.54) is 5.56 Å². The molecular weight excluding hydrogens is 318 g/mol. The van der Waals surface area contributed by atoms with Crippen LogP contribution in [0.3, 0.4) is 0 Å². The van der Waals surface area contributed by atoms with Crippen molar-refractivity contribution in [3.63, 3.8) is 0 Å². The van der Waals surface area contributed by atoms with Gasteiger partial charge in [-0.2, -0.15) is 0 Å². The highest BCUT2D eigenvalue weighted by Gasteiger charge is 2.27. The summed E-state index contributed by atoms with van der Waals surface area (Å²) in [7, 11) is 0. The van der Waals surface area contributed by atoms with Crippen LogP contribution < -0.4 is 5.32 Å². The van der Waals surface area contributed by atoms with Gasteiger partial charge < -0.3 is 5.32 Å². The first-order chi connectivity index (χ1) is 12.2. The number of aryl methyl sites for hydroxylation is 2. The van der Waals surface area contributed by atoms with E-state index < -0.39 is 0 Å². The molecule has 0 bridgehead atoms. The Kier molecular flexibility index (Phi) is 5.08. The molecule has 138 valence electrons. The number of imidazole rings is 1. The number of nitrogens with zero attached hydrogens (tertiary/aromatic N) is 2. The van der Waals surface area contributed by atoms with Gasteiger partial charge in [0.2, 0.25) is 0 Å². The smallest absolute Gasteiger partial charge is 0.138 e. The zero-order valence-electron chi connectivity index (χ0n) is 16.7. The van der Waals surface area contributed by atoms with E-state index in [0.29, 0.717) is 0 Å². The van der Waals surface area contributed by atoms with Gasteiger partial charge in [0.1, 0.15) is 11.5 Å². The van der Waals surface area contributed by atoms with Gasteiger partial charge in [0.05, 0.1) is 5.69 Å². The molecule has 3 aromatic rings. The Morgan fingerprint density at radius 2 is 1.58 bits per heavy atom. The number of anilines is 1. The van der Waals surface area contributed by atoms with Crippen molar-refractivity contribution in [1.82, 2.24) is 9.38 Å². The number of fused-ring (bicyclic) bond motifs is 1. The zero-order valence-corrected chi connectivity index (χ0v) is 16.7. The summed E-state index contributed by atoms with van der Waals surface area (Å²) in [6.07, 6.45) is 5.11. The topological polar surface area (TPSA) is 29.3 Å². The van der Waals surface area contributed by atoms with Crippen LogP contribution in [-0.2, 0) is 12.8 Å². The molecule has 1 N–H and O–H groups in total. The maximum Gasteiger partial charge on any atom is 0.138 e. The number of benzene rings is 1. The lowest BCUT2D eigenvalue weighted by Crippen LogP contribution is -2.36. The summed E-state index contributed by atoms with van der Waals surface area (Å²) in [5.41, 5.74) is 3.75. The van der Waals surface area contributed by atoms with E-state index in [0.717, 1.165) is 36.4 Å². The maximum atomic E-state index is 4.91. The Morgan fingerprint density at radius 3 is 2.27 bits per heavy atom. The maximum absolute atomic E-state index is 4.91. The standard InChI is InChI=1S/C23H31N3/c1-22(2,3)17-23(4,5)25-21-19(15-14-18-11-7-6-8-12-18)24-20-13-9-10-16-26(20)21/h6-13,16,25H,14-15,17H2,1-5H3. The van der Waals surface area contributed by atoms with E-state index in [-0.39, 0.29) is 11.0 Å². The fourth-order valence-corrected chi connectivity index (χ4v) is 3.95. The minimum atomic E-state index is -0.00838. The van der Waals surface area contributed by atoms with Crippen LogP contribution >= 0.6 is 0 Å². The highest BCUT2D eigenvalue weighted by Crippen LogP contribution is 2.31. The van der Waals surface area contributed by atoms with E-state index in [1.807, 2.05) is 6.07 Å². The summed E-state index contributed by atoms with van der Waals surface area (Å²) in [4.78, 5) is 4.91. The molecule has 0 saturated heterocycles. The number of pyridine rings is 1. The predicted octanol–water partition coefficient (Wildman–Crippen LogP) is 5.75. The van der Waals surface area contributed by atoms with Crippen molar-refractivity contribution in [2.45, 2.75) is 59.4 Å². The van der Waals surface area contributed by atoms with Crippen LogP contribution in [0.25, 0.3) is 5.65 Å². The number of hydrogen-bond acceptors (Lipinski definition) is 2. The van der Waals surface area contributed by atoms with Crippen LogP contribution in [-0.4, -0.2) is 14.9 Å². The van der Waals surface area contributed by atoms with Gasteiger partial charge in [-0.05, 0) is 56.2 Å². The molecule has 3 rings (SSSR count). The summed E-state index contributed by atoms with van der Waals surface area (Å²) in [6.45, 7) is 11.4. The van der Waals surface area contributed by atoms with Crippen LogP contribution in [0.2, 0.25) is 0 Å². The Bertz CT molecular complexity index is 854. The average molecular weight is 350 g/mol. The van der Waals surface area contributed by atoms with Gasteiger partial charge in [-0.1, -0.05) is 57.2 Å². The molecule has 26 heavy (non-hydrogen) atoms. The molecule has 0 aliphatic carbocycles. The lowest BCUT2D eigenvalue weighted by molar-refractivity contribution is 0.302. The second-order valence-corrected chi connectivity index (χ2v) is 9.07. The molecule has 0 fully saturated rings. The number of aromatic nitrogens is 2. The molecule has 3 nitrogen and oxygen atoms in total. The Hall–Kier alpha value is -2.29. The fraction of sp³-hybridized carbons (Fsp3) is 0.435. The van der Waals surface area contributed by atoms with Gasteiger partial charge in [-0.3, -0.25) is 4.40 Å². The number of rotatable bonds is 6. The first-order valence-electron chi connectivity index (χ1n) is 9.52. The molecule has 1 aromatic carbocycles. The first-order valence-corrected chi connectivity index (χ1v) is 9.52. The monoisotopic (exact) mass is 349 g/mol. The van der Waals surface area contributed by atoms with Gasteiger partial charge in [0.15, 0.2) is 0 Å². The van der Waals surface area contributed by atoms with E-state index in [4.69, 9.17) is 4.98 Å². The molecule has 0 amide bonds. The molecule has 0 radical (unpaired) electrons. The summed E-state index contributed by atoms with van der Waals surface area (Å²) < 4.78 is 2.19. The third-order valence-electron chi connectivity index (χ3n) is 4.52. The van der Waals surface area contributed by atoms with E-state index in [2.05, 4.69) is 93.0 Å². The van der Waals surface area contributed by atoms with Crippen molar-refractivity contribution in [3.8, 4) is 0 Å². The third kappa shape index (κ3) is 4.66. The molecule has 2 aromatic heterocycles. The quantitative estimate of drug-likeness (QED) is 0.614. The second-order valence-electron chi connectivity index (χ2n) is 9.07. The molecule has 2 heterocycles. The molecule has 0 aliphatic heterocycles. The molecule has 0 spiro atoms. The van der Waals surface area contributed by atoms with Crippen molar-refractivity contribution >= 4 is 11.5 Å². The van der Waals surface area contributed by atoms with Crippen LogP contribution in [0.15, 0.2) is 54.7 Å². The lowest BCUT2D eigenvalue weighted by atomic mass is 9.82. The molecule has 3 heteroatoms. The fourth-order valence-electron chi connectivity index (χ4n) is 3.95. The predicted molar refractivity (Wildman–Crippen MR) is 111 cm³/mol. The van der Waals surface area contributed by atoms with Crippen molar-refractivity contribution in [2.24, 2.45) is 5.41 Å². The van der Waals surface area contributed by atoms with Crippen LogP contribution in [0.4, 0.5) is 5.82 Å². The molecule has 0 unspecified atom stereocenters. The SMILES string of the molecule is CC(C)(C)CC(C)(C)Nc1c(CCc2ccccc2)nc2ccccn12. The number of hydrogen-bond donors (Lipinski definition) is 1. The molecule has 0 atom stereocenters. The van der Waals surface area contributed by atoms with Gasteiger partial charge in [0, 0.05) is 11.7 Å². The van der Waals surface area contributed by atoms with Crippen LogP contribution in [0, 0.1) is 5.41 Å². The molecular formula is C23H31N3. The first kappa shape index (κ1) is 18.5. The Balaban J connectivity index is 1.89. The second kappa shape index (κ2) is 7.14. The Labute approximate surface area is 157 Å². The van der Waals surface area contributed by atoms with E-state index in [1.54, 1.807) is 0 Å². The zero-order chi connectivity index (χ0) is 18.8. The third-order valence-corrected chi connectivity index (χ3v) is 4.52. The van der Waals surface area contributed by atoms with Crippen molar-refractivity contribution in [2.75, 3.05) is 5.32 Å². The van der Waals surface area contributed by atoms with Crippen LogP contribution in [0.5, 0.6) is 0 Å². The van der Waals surface area contributed by atoms with Gasteiger partial charge in [-0.25, -0.2) is 4.98 Å². The summed E-state index contributed by atoms with van der Waals surface area (Å²) in [6, 6.07) is 16.8. The summed E-state index contributed by atoms with van der Waals surface area (Å²) in [5.74, 6) is 1.13. The lowest BCUT2D eigenvalue weighted by Gasteiger charge is -2.34. The van der Waals surface area contributed by atoms with Crippen molar-refractivity contribution in [1.29, 1.82) is 0 Å². The van der Waals surface area contributed by atoms with Crippen LogP contribution in [0.1, 0.15) is 52.3 Å².